The van der Waals surface area contributed by atoms with Gasteiger partial charge in [-0.1, -0.05) is 37.3 Å². The highest BCUT2D eigenvalue weighted by Gasteiger charge is 2.23. The SMILES string of the molecule is C[C@H]1C[C@@H](C)N[C@@H](c2ccccc2)C1. The van der Waals surface area contributed by atoms with E-state index in [-0.39, 0.29) is 0 Å². The first kappa shape index (κ1) is 9.72. The van der Waals surface area contributed by atoms with Crippen molar-refractivity contribution in [2.75, 3.05) is 0 Å². The Morgan fingerprint density at radius 2 is 1.79 bits per heavy atom. The number of nitrogens with one attached hydrogen (secondary N) is 1. The molecule has 1 heterocycles. The molecule has 0 spiro atoms. The molecule has 0 bridgehead atoms. The minimum Gasteiger partial charge on any atom is -0.307 e. The van der Waals surface area contributed by atoms with Gasteiger partial charge in [0.2, 0.25) is 0 Å². The zero-order valence-electron chi connectivity index (χ0n) is 9.03. The molecule has 1 aliphatic rings. The first-order valence-electron chi connectivity index (χ1n) is 5.56. The van der Waals surface area contributed by atoms with Crippen LogP contribution in [0.1, 0.15) is 38.3 Å². The molecule has 1 fully saturated rings. The molecular weight excluding hydrogens is 170 g/mol. The van der Waals surface area contributed by atoms with Gasteiger partial charge in [-0.05, 0) is 31.2 Å². The van der Waals surface area contributed by atoms with Crippen LogP contribution in [-0.2, 0) is 0 Å². The van der Waals surface area contributed by atoms with Crippen molar-refractivity contribution in [2.24, 2.45) is 5.92 Å². The summed E-state index contributed by atoms with van der Waals surface area (Å²) < 4.78 is 0. The van der Waals surface area contributed by atoms with Crippen molar-refractivity contribution in [1.29, 1.82) is 0 Å². The second kappa shape index (κ2) is 4.14. The molecule has 0 aliphatic carbocycles. The molecule has 0 radical (unpaired) electrons. The molecule has 1 aromatic carbocycles. The third kappa shape index (κ3) is 2.16. The van der Waals surface area contributed by atoms with Crippen molar-refractivity contribution < 1.29 is 0 Å². The second-order valence-corrected chi connectivity index (χ2v) is 4.61. The van der Waals surface area contributed by atoms with Gasteiger partial charge in [0.25, 0.3) is 0 Å². The van der Waals surface area contributed by atoms with Crippen LogP contribution in [0.2, 0.25) is 0 Å². The number of hydrogen-bond donors (Lipinski definition) is 1. The van der Waals surface area contributed by atoms with Crippen LogP contribution in [0.4, 0.5) is 0 Å². The topological polar surface area (TPSA) is 12.0 Å². The van der Waals surface area contributed by atoms with E-state index in [1.54, 1.807) is 0 Å². The fourth-order valence-corrected chi connectivity index (χ4v) is 2.50. The van der Waals surface area contributed by atoms with E-state index in [4.69, 9.17) is 0 Å². The van der Waals surface area contributed by atoms with E-state index in [1.807, 2.05) is 0 Å². The normalized spacial score (nSPS) is 32.9. The van der Waals surface area contributed by atoms with E-state index in [2.05, 4.69) is 49.5 Å². The molecule has 0 amide bonds. The highest BCUT2D eigenvalue weighted by Crippen LogP contribution is 2.29. The van der Waals surface area contributed by atoms with Crippen LogP contribution in [0.15, 0.2) is 30.3 Å². The number of benzene rings is 1. The molecule has 1 aliphatic heterocycles. The predicted molar refractivity (Wildman–Crippen MR) is 60.2 cm³/mol. The van der Waals surface area contributed by atoms with Gasteiger partial charge in [-0.3, -0.25) is 0 Å². The zero-order valence-corrected chi connectivity index (χ0v) is 9.03. The average molecular weight is 189 g/mol. The first-order valence-corrected chi connectivity index (χ1v) is 5.56. The van der Waals surface area contributed by atoms with E-state index in [1.165, 1.54) is 18.4 Å². The molecular formula is C13H19N. The Labute approximate surface area is 86.5 Å². The maximum absolute atomic E-state index is 3.66. The molecule has 1 aromatic rings. The quantitative estimate of drug-likeness (QED) is 0.715. The van der Waals surface area contributed by atoms with E-state index in [0.29, 0.717) is 12.1 Å². The maximum atomic E-state index is 3.66. The fraction of sp³-hybridized carbons (Fsp3) is 0.538. The Morgan fingerprint density at radius 3 is 2.43 bits per heavy atom. The second-order valence-electron chi connectivity index (χ2n) is 4.61. The fourth-order valence-electron chi connectivity index (χ4n) is 2.50. The summed E-state index contributed by atoms with van der Waals surface area (Å²) in [6, 6.07) is 12.0. The van der Waals surface area contributed by atoms with Crippen LogP contribution >= 0.6 is 0 Å². The maximum Gasteiger partial charge on any atom is 0.0325 e. The van der Waals surface area contributed by atoms with E-state index < -0.39 is 0 Å². The first-order chi connectivity index (χ1) is 6.75. The minimum absolute atomic E-state index is 0.565. The van der Waals surface area contributed by atoms with Gasteiger partial charge in [-0.15, -0.1) is 0 Å². The lowest BCUT2D eigenvalue weighted by Gasteiger charge is -2.33. The van der Waals surface area contributed by atoms with Gasteiger partial charge in [-0.25, -0.2) is 0 Å². The van der Waals surface area contributed by atoms with Gasteiger partial charge >= 0.3 is 0 Å². The Morgan fingerprint density at radius 1 is 1.07 bits per heavy atom. The zero-order chi connectivity index (χ0) is 9.97. The van der Waals surface area contributed by atoms with E-state index in [9.17, 15) is 0 Å². The van der Waals surface area contributed by atoms with Crippen LogP contribution in [0.25, 0.3) is 0 Å². The summed E-state index contributed by atoms with van der Waals surface area (Å²) in [6.45, 7) is 4.64. The van der Waals surface area contributed by atoms with Crippen molar-refractivity contribution in [3.8, 4) is 0 Å². The number of hydrogen-bond acceptors (Lipinski definition) is 1. The lowest BCUT2D eigenvalue weighted by atomic mass is 9.87. The lowest BCUT2D eigenvalue weighted by molar-refractivity contribution is 0.269. The summed E-state index contributed by atoms with van der Waals surface area (Å²) in [5, 5.41) is 3.66. The van der Waals surface area contributed by atoms with Crippen LogP contribution in [-0.4, -0.2) is 6.04 Å². The van der Waals surface area contributed by atoms with E-state index >= 15 is 0 Å². The van der Waals surface area contributed by atoms with Gasteiger partial charge in [0.05, 0.1) is 0 Å². The van der Waals surface area contributed by atoms with Crippen LogP contribution in [0.3, 0.4) is 0 Å². The Bertz CT molecular complexity index is 271. The summed E-state index contributed by atoms with van der Waals surface area (Å²) in [5.41, 5.74) is 1.44. The van der Waals surface area contributed by atoms with Crippen LogP contribution in [0.5, 0.6) is 0 Å². The largest absolute Gasteiger partial charge is 0.307 e. The summed E-state index contributed by atoms with van der Waals surface area (Å²) in [7, 11) is 0. The van der Waals surface area contributed by atoms with Gasteiger partial charge in [0.1, 0.15) is 0 Å². The van der Waals surface area contributed by atoms with Gasteiger partial charge in [-0.2, -0.15) is 0 Å². The van der Waals surface area contributed by atoms with Crippen molar-refractivity contribution in [1.82, 2.24) is 5.32 Å². The lowest BCUT2D eigenvalue weighted by Crippen LogP contribution is -2.37. The molecule has 1 heteroatoms. The minimum atomic E-state index is 0.565. The Kier molecular flexibility index (Phi) is 2.87. The Hall–Kier alpha value is -0.820. The average Bonchev–Trinajstić information content (AvgIpc) is 2.18. The predicted octanol–water partition coefficient (Wildman–Crippen LogP) is 3.14. The van der Waals surface area contributed by atoms with E-state index in [0.717, 1.165) is 5.92 Å². The van der Waals surface area contributed by atoms with Crippen LogP contribution < -0.4 is 5.32 Å². The third-order valence-electron chi connectivity index (χ3n) is 3.08. The molecule has 14 heavy (non-hydrogen) atoms. The number of rotatable bonds is 1. The van der Waals surface area contributed by atoms with Crippen LogP contribution in [0, 0.1) is 5.92 Å². The molecule has 1 nitrogen and oxygen atoms in total. The molecule has 1 saturated heterocycles. The highest BCUT2D eigenvalue weighted by molar-refractivity contribution is 5.19. The molecule has 3 atom stereocenters. The third-order valence-corrected chi connectivity index (χ3v) is 3.08. The molecule has 0 aromatic heterocycles. The smallest absolute Gasteiger partial charge is 0.0325 e. The van der Waals surface area contributed by atoms with Crippen molar-refractivity contribution in [3.63, 3.8) is 0 Å². The summed E-state index contributed by atoms with van der Waals surface area (Å²) in [5.74, 6) is 0.844. The van der Waals surface area contributed by atoms with Gasteiger partial charge in [0, 0.05) is 12.1 Å². The molecule has 0 saturated carbocycles. The monoisotopic (exact) mass is 189 g/mol. The van der Waals surface area contributed by atoms with Crippen molar-refractivity contribution >= 4 is 0 Å². The number of piperidine rings is 1. The molecule has 0 unspecified atom stereocenters. The van der Waals surface area contributed by atoms with Gasteiger partial charge in [0.15, 0.2) is 0 Å². The highest BCUT2D eigenvalue weighted by atomic mass is 15.0. The van der Waals surface area contributed by atoms with Crippen molar-refractivity contribution in [3.05, 3.63) is 35.9 Å². The summed E-state index contributed by atoms with van der Waals surface area (Å²) in [4.78, 5) is 0. The molecule has 76 valence electrons. The van der Waals surface area contributed by atoms with Crippen molar-refractivity contribution in [2.45, 2.75) is 38.8 Å². The molecule has 1 N–H and O–H groups in total. The molecule has 2 rings (SSSR count). The summed E-state index contributed by atoms with van der Waals surface area (Å²) in [6.07, 6.45) is 2.58. The summed E-state index contributed by atoms with van der Waals surface area (Å²) >= 11 is 0. The Balaban J connectivity index is 2.11. The van der Waals surface area contributed by atoms with Gasteiger partial charge < -0.3 is 5.32 Å². The standard InChI is InChI=1S/C13H19N/c1-10-8-11(2)14-13(9-10)12-6-4-3-5-7-12/h3-7,10-11,13-14H,8-9H2,1-2H3/t10-,11+,13+/m0/s1.